The summed E-state index contributed by atoms with van der Waals surface area (Å²) < 4.78 is 0. The van der Waals surface area contributed by atoms with Crippen molar-refractivity contribution in [2.24, 2.45) is 0 Å². The number of hydrogen-bond acceptors (Lipinski definition) is 5. The normalized spacial score (nSPS) is 27.1. The van der Waals surface area contributed by atoms with Crippen molar-refractivity contribution in [1.82, 2.24) is 5.23 Å². The van der Waals surface area contributed by atoms with Crippen LogP contribution in [0.2, 0.25) is 0 Å². The highest BCUT2D eigenvalue weighted by molar-refractivity contribution is 4.51. The number of hydroxylamine groups is 2. The van der Waals surface area contributed by atoms with Gasteiger partial charge in [0, 0.05) is 10.1 Å². The van der Waals surface area contributed by atoms with Gasteiger partial charge in [-0.1, -0.05) is 0 Å². The molecule has 0 amide bonds. The molecule has 0 radical (unpaired) electrons. The molecule has 1 rings (SSSR count). The standard InChI is InChI=1S/C4H8N2O4/c1-9-6-4(5(7)8)2-3-10-6/h4H,2-3H2,1H3. The first-order valence-corrected chi connectivity index (χ1v) is 2.85. The Kier molecular flexibility index (Phi) is 2.15. The van der Waals surface area contributed by atoms with Crippen molar-refractivity contribution >= 4 is 0 Å². The predicted molar refractivity (Wildman–Crippen MR) is 30.2 cm³/mol. The van der Waals surface area contributed by atoms with Gasteiger partial charge in [-0.2, -0.15) is 0 Å². The molecule has 1 aliphatic heterocycles. The van der Waals surface area contributed by atoms with Gasteiger partial charge in [0.2, 0.25) is 0 Å². The van der Waals surface area contributed by atoms with Crippen LogP contribution < -0.4 is 0 Å². The van der Waals surface area contributed by atoms with Crippen LogP contribution in [0.25, 0.3) is 0 Å². The zero-order valence-electron chi connectivity index (χ0n) is 5.52. The minimum atomic E-state index is -0.843. The molecular weight excluding hydrogens is 140 g/mol. The van der Waals surface area contributed by atoms with E-state index >= 15 is 0 Å². The van der Waals surface area contributed by atoms with Crippen molar-refractivity contribution in [3.63, 3.8) is 0 Å². The summed E-state index contributed by atoms with van der Waals surface area (Å²) in [4.78, 5) is 19.0. The van der Waals surface area contributed by atoms with Gasteiger partial charge in [0.25, 0.3) is 0 Å². The van der Waals surface area contributed by atoms with E-state index in [9.17, 15) is 10.1 Å². The summed E-state index contributed by atoms with van der Waals surface area (Å²) in [5.41, 5.74) is 0. The van der Waals surface area contributed by atoms with Gasteiger partial charge in [-0.05, 0) is 0 Å². The first kappa shape index (κ1) is 7.39. The summed E-state index contributed by atoms with van der Waals surface area (Å²) in [6.07, 6.45) is -0.467. The summed E-state index contributed by atoms with van der Waals surface area (Å²) >= 11 is 0. The molecule has 1 unspecified atom stereocenters. The molecule has 0 aromatic carbocycles. The first-order chi connectivity index (χ1) is 4.75. The molecular formula is C4H8N2O4. The van der Waals surface area contributed by atoms with Crippen LogP contribution in [0, 0.1) is 10.1 Å². The largest absolute Gasteiger partial charge is 0.314 e. The fourth-order valence-electron chi connectivity index (χ4n) is 0.796. The van der Waals surface area contributed by atoms with Gasteiger partial charge in [-0.25, -0.2) is 0 Å². The minimum Gasteiger partial charge on any atom is -0.272 e. The van der Waals surface area contributed by atoms with E-state index in [2.05, 4.69) is 4.84 Å². The molecule has 1 saturated heterocycles. The van der Waals surface area contributed by atoms with E-state index in [1.165, 1.54) is 7.11 Å². The van der Waals surface area contributed by atoms with Crippen LogP contribution in [0.3, 0.4) is 0 Å². The summed E-state index contributed by atoms with van der Waals surface area (Å²) in [6, 6.07) is 0. The zero-order chi connectivity index (χ0) is 7.56. The van der Waals surface area contributed by atoms with Gasteiger partial charge in [-0.3, -0.25) is 19.8 Å². The second-order valence-corrected chi connectivity index (χ2v) is 1.86. The Hall–Kier alpha value is -0.720. The molecule has 10 heavy (non-hydrogen) atoms. The van der Waals surface area contributed by atoms with Crippen LogP contribution in [-0.2, 0) is 9.68 Å². The molecule has 0 N–H and O–H groups in total. The van der Waals surface area contributed by atoms with Crippen LogP contribution in [0.5, 0.6) is 0 Å². The Morgan fingerprint density at radius 3 is 3.00 bits per heavy atom. The molecule has 6 heteroatoms. The van der Waals surface area contributed by atoms with E-state index in [1.807, 2.05) is 0 Å². The van der Waals surface area contributed by atoms with E-state index in [-0.39, 0.29) is 0 Å². The lowest BCUT2D eigenvalue weighted by molar-refractivity contribution is -0.596. The van der Waals surface area contributed by atoms with Gasteiger partial charge in [-0.15, -0.1) is 0 Å². The third-order valence-electron chi connectivity index (χ3n) is 1.26. The molecule has 0 saturated carbocycles. The molecule has 0 aromatic rings. The van der Waals surface area contributed by atoms with E-state index < -0.39 is 11.1 Å². The molecule has 1 aliphatic rings. The first-order valence-electron chi connectivity index (χ1n) is 2.85. The van der Waals surface area contributed by atoms with E-state index in [0.29, 0.717) is 13.0 Å². The topological polar surface area (TPSA) is 64.8 Å². The number of rotatable bonds is 2. The minimum absolute atomic E-state index is 0.347. The fraction of sp³-hybridized carbons (Fsp3) is 1.00. The smallest absolute Gasteiger partial charge is 0.272 e. The maximum atomic E-state index is 10.2. The Bertz CT molecular complexity index is 139. The second kappa shape index (κ2) is 2.91. The van der Waals surface area contributed by atoms with Gasteiger partial charge in [0.15, 0.2) is 0 Å². The SMILES string of the molecule is CON1OCCC1[N+](=O)[O-]. The maximum absolute atomic E-state index is 10.2. The average Bonchev–Trinajstić information content (AvgIpc) is 2.33. The van der Waals surface area contributed by atoms with Crippen LogP contribution in [0.1, 0.15) is 6.42 Å². The molecule has 6 nitrogen and oxygen atoms in total. The monoisotopic (exact) mass is 148 g/mol. The molecule has 0 aliphatic carbocycles. The zero-order valence-corrected chi connectivity index (χ0v) is 5.52. The highest BCUT2D eigenvalue weighted by atomic mass is 17.0. The second-order valence-electron chi connectivity index (χ2n) is 1.86. The van der Waals surface area contributed by atoms with Crippen molar-refractivity contribution in [1.29, 1.82) is 0 Å². The molecule has 1 fully saturated rings. The van der Waals surface area contributed by atoms with E-state index in [1.54, 1.807) is 0 Å². The van der Waals surface area contributed by atoms with Crippen molar-refractivity contribution in [2.75, 3.05) is 13.7 Å². The molecule has 0 bridgehead atoms. The van der Waals surface area contributed by atoms with Crippen LogP contribution >= 0.6 is 0 Å². The highest BCUT2D eigenvalue weighted by Gasteiger charge is 2.35. The van der Waals surface area contributed by atoms with Gasteiger partial charge in [0.1, 0.15) is 0 Å². The van der Waals surface area contributed by atoms with Crippen molar-refractivity contribution < 1.29 is 14.6 Å². The van der Waals surface area contributed by atoms with Gasteiger partial charge < -0.3 is 0 Å². The number of nitrogens with zero attached hydrogens (tertiary/aromatic N) is 2. The fourth-order valence-corrected chi connectivity index (χ4v) is 0.796. The summed E-state index contributed by atoms with van der Waals surface area (Å²) in [7, 11) is 1.34. The Labute approximate surface area is 57.4 Å². The average molecular weight is 148 g/mol. The van der Waals surface area contributed by atoms with Gasteiger partial charge in [0.05, 0.1) is 20.1 Å². The van der Waals surface area contributed by atoms with E-state index in [0.717, 1.165) is 5.23 Å². The lowest BCUT2D eigenvalue weighted by atomic mass is 10.4. The highest BCUT2D eigenvalue weighted by Crippen LogP contribution is 2.13. The van der Waals surface area contributed by atoms with Crippen molar-refractivity contribution in [2.45, 2.75) is 12.6 Å². The van der Waals surface area contributed by atoms with Crippen LogP contribution in [-0.4, -0.2) is 30.0 Å². The Morgan fingerprint density at radius 1 is 1.90 bits per heavy atom. The van der Waals surface area contributed by atoms with Crippen LogP contribution in [0.4, 0.5) is 0 Å². The van der Waals surface area contributed by atoms with Crippen LogP contribution in [0.15, 0.2) is 0 Å². The summed E-state index contributed by atoms with van der Waals surface area (Å²) in [5.74, 6) is 0. The molecule has 1 heterocycles. The van der Waals surface area contributed by atoms with E-state index in [4.69, 9.17) is 4.84 Å². The lowest BCUT2D eigenvalue weighted by Crippen LogP contribution is -2.33. The quantitative estimate of drug-likeness (QED) is 0.400. The number of hydrogen-bond donors (Lipinski definition) is 0. The third kappa shape index (κ3) is 1.23. The summed E-state index contributed by atoms with van der Waals surface area (Å²) in [6.45, 7) is 0.347. The number of nitro groups is 1. The van der Waals surface area contributed by atoms with Crippen molar-refractivity contribution in [3.05, 3.63) is 10.1 Å². The molecule has 0 spiro atoms. The third-order valence-corrected chi connectivity index (χ3v) is 1.26. The molecule has 0 aromatic heterocycles. The summed E-state index contributed by atoms with van der Waals surface area (Å²) in [5, 5.41) is 11.1. The Balaban J connectivity index is 2.50. The molecule has 1 atom stereocenters. The Morgan fingerprint density at radius 2 is 2.60 bits per heavy atom. The lowest BCUT2D eigenvalue weighted by Gasteiger charge is -2.11. The predicted octanol–water partition coefficient (Wildman–Crippen LogP) is -0.212. The van der Waals surface area contributed by atoms with Gasteiger partial charge >= 0.3 is 6.17 Å². The maximum Gasteiger partial charge on any atom is 0.314 e. The van der Waals surface area contributed by atoms with Crippen molar-refractivity contribution in [3.8, 4) is 0 Å². The molecule has 58 valence electrons.